The summed E-state index contributed by atoms with van der Waals surface area (Å²) in [5.41, 5.74) is 3.93. The van der Waals surface area contributed by atoms with Crippen molar-refractivity contribution in [3.8, 4) is 0 Å². The van der Waals surface area contributed by atoms with Gasteiger partial charge in [0.15, 0.2) is 0 Å². The van der Waals surface area contributed by atoms with Gasteiger partial charge in [-0.25, -0.2) is 9.97 Å². The first-order valence-corrected chi connectivity index (χ1v) is 9.19. The highest BCUT2D eigenvalue weighted by Gasteiger charge is 2.01. The molecule has 5 aromatic rings. The van der Waals surface area contributed by atoms with Crippen LogP contribution < -0.4 is 10.6 Å². The first-order chi connectivity index (χ1) is 13.8. The minimum absolute atomic E-state index is 0.829. The summed E-state index contributed by atoms with van der Waals surface area (Å²) < 4.78 is 0. The Balaban J connectivity index is 1.32. The number of benzene rings is 3. The van der Waals surface area contributed by atoms with E-state index in [0.717, 1.165) is 44.8 Å². The van der Waals surface area contributed by atoms with Crippen molar-refractivity contribution >= 4 is 44.8 Å². The van der Waals surface area contributed by atoms with Gasteiger partial charge < -0.3 is 10.6 Å². The van der Waals surface area contributed by atoms with Gasteiger partial charge in [0.25, 0.3) is 0 Å². The van der Waals surface area contributed by atoms with E-state index in [1.165, 1.54) is 0 Å². The first-order valence-electron chi connectivity index (χ1n) is 9.19. The van der Waals surface area contributed by atoms with Gasteiger partial charge in [-0.2, -0.15) is 0 Å². The molecule has 0 atom stereocenters. The Labute approximate surface area is 162 Å². The van der Waals surface area contributed by atoms with E-state index in [0.29, 0.717) is 0 Å². The molecule has 0 spiro atoms. The Morgan fingerprint density at radius 3 is 1.32 bits per heavy atom. The summed E-state index contributed by atoms with van der Waals surface area (Å²) in [7, 11) is 0. The summed E-state index contributed by atoms with van der Waals surface area (Å²) in [6.45, 7) is 0. The number of fused-ring (bicyclic) bond motifs is 2. The minimum Gasteiger partial charge on any atom is -0.340 e. The van der Waals surface area contributed by atoms with E-state index in [1.807, 2.05) is 72.8 Å². The highest BCUT2D eigenvalue weighted by Crippen LogP contribution is 2.23. The third-order valence-electron chi connectivity index (χ3n) is 4.63. The normalized spacial score (nSPS) is 10.9. The lowest BCUT2D eigenvalue weighted by Gasteiger charge is -2.10. The Hall–Kier alpha value is -3.92. The maximum Gasteiger partial charge on any atom is 0.131 e. The molecule has 2 N–H and O–H groups in total. The first kappa shape index (κ1) is 16.3. The molecule has 5 rings (SSSR count). The minimum atomic E-state index is 0.829. The molecule has 0 aliphatic carbocycles. The SMILES string of the molecule is c1ccc2nc(Nc3ccc(Nc4ccc5ccccc5n4)cc3)ccc2c1. The number of rotatable bonds is 4. The van der Waals surface area contributed by atoms with Crippen molar-refractivity contribution in [1.82, 2.24) is 9.97 Å². The monoisotopic (exact) mass is 362 g/mol. The highest BCUT2D eigenvalue weighted by molar-refractivity contribution is 5.82. The zero-order valence-electron chi connectivity index (χ0n) is 15.1. The number of aromatic nitrogens is 2. The van der Waals surface area contributed by atoms with E-state index >= 15 is 0 Å². The number of hydrogen-bond donors (Lipinski definition) is 2. The number of para-hydroxylation sites is 2. The number of nitrogens with zero attached hydrogens (tertiary/aromatic N) is 2. The Morgan fingerprint density at radius 1 is 0.429 bits per heavy atom. The summed E-state index contributed by atoms with van der Waals surface area (Å²) in [5.74, 6) is 1.66. The number of nitrogens with one attached hydrogen (secondary N) is 2. The molecular weight excluding hydrogens is 344 g/mol. The van der Waals surface area contributed by atoms with Crippen LogP contribution in [0, 0.1) is 0 Å². The van der Waals surface area contributed by atoms with Crippen LogP contribution in [0.3, 0.4) is 0 Å². The third kappa shape index (κ3) is 3.35. The molecule has 2 aromatic heterocycles. The lowest BCUT2D eigenvalue weighted by molar-refractivity contribution is 1.36. The molecule has 28 heavy (non-hydrogen) atoms. The Kier molecular flexibility index (Phi) is 4.07. The second kappa shape index (κ2) is 7.00. The molecule has 4 nitrogen and oxygen atoms in total. The molecule has 0 fully saturated rings. The van der Waals surface area contributed by atoms with Crippen molar-refractivity contribution in [3.05, 3.63) is 97.1 Å². The third-order valence-corrected chi connectivity index (χ3v) is 4.63. The van der Waals surface area contributed by atoms with Crippen LogP contribution in [0.4, 0.5) is 23.0 Å². The predicted molar refractivity (Wildman–Crippen MR) is 116 cm³/mol. The molecule has 4 heteroatoms. The predicted octanol–water partition coefficient (Wildman–Crippen LogP) is 6.27. The van der Waals surface area contributed by atoms with E-state index < -0.39 is 0 Å². The van der Waals surface area contributed by atoms with Crippen molar-refractivity contribution in [2.24, 2.45) is 0 Å². The zero-order valence-corrected chi connectivity index (χ0v) is 15.1. The van der Waals surface area contributed by atoms with Gasteiger partial charge in [-0.1, -0.05) is 36.4 Å². The van der Waals surface area contributed by atoms with Crippen LogP contribution >= 0.6 is 0 Å². The van der Waals surface area contributed by atoms with Crippen LogP contribution in [0.25, 0.3) is 21.8 Å². The van der Waals surface area contributed by atoms with Crippen LogP contribution in [-0.4, -0.2) is 9.97 Å². The standard InChI is InChI=1S/C24H18N4/c1-3-7-21-17(5-1)9-15-23(27-21)25-19-11-13-20(14-12-19)26-24-16-10-18-6-2-4-8-22(18)28-24/h1-16H,(H,25,27)(H,26,28). The molecule has 0 saturated heterocycles. The van der Waals surface area contributed by atoms with Crippen molar-refractivity contribution in [3.63, 3.8) is 0 Å². The van der Waals surface area contributed by atoms with Gasteiger partial charge >= 0.3 is 0 Å². The summed E-state index contributed by atoms with van der Waals surface area (Å²) in [6.07, 6.45) is 0. The fraction of sp³-hybridized carbons (Fsp3) is 0. The fourth-order valence-corrected chi connectivity index (χ4v) is 3.20. The van der Waals surface area contributed by atoms with Crippen LogP contribution in [0.15, 0.2) is 97.1 Å². The molecule has 0 saturated carbocycles. The molecule has 0 radical (unpaired) electrons. The van der Waals surface area contributed by atoms with E-state index in [4.69, 9.17) is 0 Å². The van der Waals surface area contributed by atoms with Crippen molar-refractivity contribution < 1.29 is 0 Å². The molecule has 2 heterocycles. The van der Waals surface area contributed by atoms with Gasteiger partial charge in [0.1, 0.15) is 11.6 Å². The molecule has 0 bridgehead atoms. The van der Waals surface area contributed by atoms with Crippen molar-refractivity contribution in [2.75, 3.05) is 10.6 Å². The zero-order chi connectivity index (χ0) is 18.8. The highest BCUT2D eigenvalue weighted by atomic mass is 15.0. The van der Waals surface area contributed by atoms with Crippen molar-refractivity contribution in [1.29, 1.82) is 0 Å². The van der Waals surface area contributed by atoms with E-state index in [-0.39, 0.29) is 0 Å². The number of pyridine rings is 2. The van der Waals surface area contributed by atoms with E-state index in [2.05, 4.69) is 44.9 Å². The molecule has 134 valence electrons. The maximum atomic E-state index is 4.65. The second-order valence-corrected chi connectivity index (χ2v) is 6.61. The summed E-state index contributed by atoms with van der Waals surface area (Å²) in [4.78, 5) is 9.31. The summed E-state index contributed by atoms with van der Waals surface area (Å²) in [6, 6.07) is 32.5. The molecule has 0 aliphatic heterocycles. The number of hydrogen-bond acceptors (Lipinski definition) is 4. The maximum absolute atomic E-state index is 4.65. The van der Waals surface area contributed by atoms with Gasteiger partial charge in [-0.05, 0) is 60.7 Å². The summed E-state index contributed by atoms with van der Waals surface area (Å²) in [5, 5.41) is 8.98. The van der Waals surface area contributed by atoms with Gasteiger partial charge in [0.05, 0.1) is 11.0 Å². The lowest BCUT2D eigenvalue weighted by Crippen LogP contribution is -1.96. The molecule has 0 amide bonds. The van der Waals surface area contributed by atoms with Crippen molar-refractivity contribution in [2.45, 2.75) is 0 Å². The van der Waals surface area contributed by atoms with Gasteiger partial charge in [-0.3, -0.25) is 0 Å². The second-order valence-electron chi connectivity index (χ2n) is 6.61. The van der Waals surface area contributed by atoms with Crippen LogP contribution in [0.5, 0.6) is 0 Å². The average molecular weight is 362 g/mol. The molecule has 0 unspecified atom stereocenters. The largest absolute Gasteiger partial charge is 0.340 e. The van der Waals surface area contributed by atoms with Gasteiger partial charge in [-0.15, -0.1) is 0 Å². The van der Waals surface area contributed by atoms with Crippen LogP contribution in [-0.2, 0) is 0 Å². The molecule has 3 aromatic carbocycles. The quantitative estimate of drug-likeness (QED) is 0.395. The Morgan fingerprint density at radius 2 is 0.857 bits per heavy atom. The lowest BCUT2D eigenvalue weighted by atomic mass is 10.2. The van der Waals surface area contributed by atoms with Crippen LogP contribution in [0.2, 0.25) is 0 Å². The van der Waals surface area contributed by atoms with Gasteiger partial charge in [0.2, 0.25) is 0 Å². The average Bonchev–Trinajstić information content (AvgIpc) is 2.75. The molecular formula is C24H18N4. The molecule has 0 aliphatic rings. The van der Waals surface area contributed by atoms with Gasteiger partial charge in [0, 0.05) is 22.1 Å². The van der Waals surface area contributed by atoms with E-state index in [1.54, 1.807) is 0 Å². The summed E-state index contributed by atoms with van der Waals surface area (Å²) >= 11 is 0. The van der Waals surface area contributed by atoms with Crippen LogP contribution in [0.1, 0.15) is 0 Å². The Bertz CT molecular complexity index is 1160. The fourth-order valence-electron chi connectivity index (χ4n) is 3.20. The topological polar surface area (TPSA) is 49.8 Å². The van der Waals surface area contributed by atoms with E-state index in [9.17, 15) is 0 Å². The number of anilines is 4. The smallest absolute Gasteiger partial charge is 0.131 e.